The third-order valence-corrected chi connectivity index (χ3v) is 4.52. The summed E-state index contributed by atoms with van der Waals surface area (Å²) in [4.78, 5) is 0. The fraction of sp³-hybridized carbons (Fsp3) is 0.800. The zero-order valence-corrected chi connectivity index (χ0v) is 13.5. The van der Waals surface area contributed by atoms with Gasteiger partial charge in [-0.25, -0.2) is 0 Å². The maximum absolute atomic E-state index is 6.42. The molecule has 0 aromatic carbocycles. The molecule has 0 aliphatic carbocycles. The van der Waals surface area contributed by atoms with Gasteiger partial charge in [-0.05, 0) is 39.2 Å². The predicted octanol–water partition coefficient (Wildman–Crippen LogP) is 2.81. The van der Waals surface area contributed by atoms with Gasteiger partial charge < -0.3 is 10.1 Å². The Bertz CT molecular complexity index is 427. The maximum Gasteiger partial charge on any atom is 0.0847 e. The molecule has 2 unspecified atom stereocenters. The van der Waals surface area contributed by atoms with E-state index >= 15 is 0 Å². The summed E-state index contributed by atoms with van der Waals surface area (Å²) in [5, 5.41) is 8.93. The predicted molar refractivity (Wildman–Crippen MR) is 82.4 cm³/mol. The van der Waals surface area contributed by atoms with Crippen LogP contribution in [0.25, 0.3) is 0 Å². The van der Waals surface area contributed by atoms with Crippen LogP contribution in [-0.4, -0.2) is 35.6 Å². The first-order chi connectivity index (χ1) is 9.65. The zero-order chi connectivity index (χ0) is 14.5. The molecular formula is C15H26ClN3O. The van der Waals surface area contributed by atoms with Gasteiger partial charge in [0.05, 0.1) is 16.4 Å². The summed E-state index contributed by atoms with van der Waals surface area (Å²) in [6.07, 6.45) is 3.28. The van der Waals surface area contributed by atoms with Crippen LogP contribution in [-0.2, 0) is 17.7 Å². The lowest BCUT2D eigenvalue weighted by molar-refractivity contribution is 0.181. The number of hydrogen-bond acceptors (Lipinski definition) is 3. The van der Waals surface area contributed by atoms with Crippen LogP contribution in [0.15, 0.2) is 0 Å². The van der Waals surface area contributed by atoms with Crippen molar-refractivity contribution in [1.29, 1.82) is 0 Å². The Kier molecular flexibility index (Phi) is 5.87. The van der Waals surface area contributed by atoms with Crippen molar-refractivity contribution in [2.45, 2.75) is 52.6 Å². The largest absolute Gasteiger partial charge is 0.381 e. The van der Waals surface area contributed by atoms with Crippen molar-refractivity contribution in [3.05, 3.63) is 16.4 Å². The number of ether oxygens (including phenoxy) is 1. The molecule has 4 nitrogen and oxygen atoms in total. The second-order valence-electron chi connectivity index (χ2n) is 5.59. The van der Waals surface area contributed by atoms with Crippen LogP contribution in [0, 0.1) is 12.8 Å². The highest BCUT2D eigenvalue weighted by Gasteiger charge is 2.23. The number of nitrogens with zero attached hydrogens (tertiary/aromatic N) is 2. The van der Waals surface area contributed by atoms with E-state index in [1.165, 1.54) is 6.42 Å². The number of nitrogens with one attached hydrogen (secondary N) is 1. The van der Waals surface area contributed by atoms with Crippen LogP contribution in [0.3, 0.4) is 0 Å². The van der Waals surface area contributed by atoms with E-state index in [-0.39, 0.29) is 0 Å². The van der Waals surface area contributed by atoms with Crippen LogP contribution in [0.1, 0.15) is 38.1 Å². The van der Waals surface area contributed by atoms with E-state index in [0.717, 1.165) is 55.6 Å². The van der Waals surface area contributed by atoms with E-state index in [1.54, 1.807) is 0 Å². The van der Waals surface area contributed by atoms with Crippen molar-refractivity contribution in [2.24, 2.45) is 5.92 Å². The topological polar surface area (TPSA) is 39.1 Å². The molecule has 0 radical (unpaired) electrons. The van der Waals surface area contributed by atoms with Crippen molar-refractivity contribution < 1.29 is 4.74 Å². The number of aryl methyl sites for hydroxylation is 2. The number of aromatic nitrogens is 2. The number of hydrogen-bond donors (Lipinski definition) is 1. The zero-order valence-electron chi connectivity index (χ0n) is 12.8. The van der Waals surface area contributed by atoms with Crippen LogP contribution in [0.4, 0.5) is 0 Å². The van der Waals surface area contributed by atoms with Gasteiger partial charge in [0.1, 0.15) is 0 Å². The van der Waals surface area contributed by atoms with Gasteiger partial charge in [-0.1, -0.05) is 18.5 Å². The number of halogens is 1. The molecule has 5 heteroatoms. The molecule has 1 aliphatic rings. The van der Waals surface area contributed by atoms with Gasteiger partial charge in [-0.15, -0.1) is 0 Å². The molecule has 2 heterocycles. The Labute approximate surface area is 126 Å². The van der Waals surface area contributed by atoms with Gasteiger partial charge >= 0.3 is 0 Å². The average molecular weight is 300 g/mol. The Morgan fingerprint density at radius 3 is 2.90 bits per heavy atom. The third kappa shape index (κ3) is 3.74. The first-order valence-corrected chi connectivity index (χ1v) is 8.06. The molecule has 1 saturated heterocycles. The third-order valence-electron chi connectivity index (χ3n) is 4.03. The highest BCUT2D eigenvalue weighted by atomic mass is 35.5. The van der Waals surface area contributed by atoms with Crippen LogP contribution in [0.2, 0.25) is 5.02 Å². The normalized spacial score (nSPS) is 20.5. The van der Waals surface area contributed by atoms with Gasteiger partial charge in [0.25, 0.3) is 0 Å². The van der Waals surface area contributed by atoms with E-state index < -0.39 is 0 Å². The molecule has 1 aromatic rings. The molecular weight excluding hydrogens is 274 g/mol. The summed E-state index contributed by atoms with van der Waals surface area (Å²) in [6.45, 7) is 9.91. The average Bonchev–Trinajstić information content (AvgIpc) is 3.02. The number of rotatable bonds is 7. The Morgan fingerprint density at radius 2 is 2.30 bits per heavy atom. The fourth-order valence-electron chi connectivity index (χ4n) is 3.00. The van der Waals surface area contributed by atoms with E-state index in [1.807, 2.05) is 11.6 Å². The van der Waals surface area contributed by atoms with Crippen molar-refractivity contribution >= 4 is 11.6 Å². The number of likely N-dealkylation sites (N-methyl/N-ethyl adjacent to an activating group) is 1. The van der Waals surface area contributed by atoms with Crippen LogP contribution in [0.5, 0.6) is 0 Å². The van der Waals surface area contributed by atoms with E-state index in [4.69, 9.17) is 16.3 Å². The summed E-state index contributed by atoms with van der Waals surface area (Å²) >= 11 is 6.42. The first kappa shape index (κ1) is 15.8. The molecule has 20 heavy (non-hydrogen) atoms. The molecule has 0 saturated carbocycles. The second kappa shape index (κ2) is 7.43. The van der Waals surface area contributed by atoms with Crippen LogP contribution >= 0.6 is 11.6 Å². The summed E-state index contributed by atoms with van der Waals surface area (Å²) in [5.41, 5.74) is 2.10. The molecule has 0 spiro atoms. The standard InChI is InChI=1S/C15H26ClN3O/c1-4-17-13(8-12-6-7-20-10-12)9-14-15(16)11(3)18-19(14)5-2/h12-13,17H,4-10H2,1-3H3. The smallest absolute Gasteiger partial charge is 0.0847 e. The fourth-order valence-corrected chi connectivity index (χ4v) is 3.21. The molecule has 114 valence electrons. The lowest BCUT2D eigenvalue weighted by Crippen LogP contribution is -2.34. The van der Waals surface area contributed by atoms with E-state index in [0.29, 0.717) is 12.0 Å². The summed E-state index contributed by atoms with van der Waals surface area (Å²) in [7, 11) is 0. The lowest BCUT2D eigenvalue weighted by atomic mass is 9.96. The molecule has 1 aliphatic heterocycles. The van der Waals surface area contributed by atoms with Crippen molar-refractivity contribution in [1.82, 2.24) is 15.1 Å². The summed E-state index contributed by atoms with van der Waals surface area (Å²) in [6, 6.07) is 0.450. The van der Waals surface area contributed by atoms with Gasteiger partial charge in [0.15, 0.2) is 0 Å². The Balaban J connectivity index is 2.06. The minimum absolute atomic E-state index is 0.450. The molecule has 0 bridgehead atoms. The highest BCUT2D eigenvalue weighted by Crippen LogP contribution is 2.25. The molecule has 1 N–H and O–H groups in total. The molecule has 1 aromatic heterocycles. The maximum atomic E-state index is 6.42. The molecule has 1 fully saturated rings. The quantitative estimate of drug-likeness (QED) is 0.841. The Hall–Kier alpha value is -0.580. The molecule has 2 rings (SSSR count). The highest BCUT2D eigenvalue weighted by molar-refractivity contribution is 6.31. The first-order valence-electron chi connectivity index (χ1n) is 7.68. The minimum atomic E-state index is 0.450. The summed E-state index contributed by atoms with van der Waals surface area (Å²) < 4.78 is 7.52. The molecule has 2 atom stereocenters. The Morgan fingerprint density at radius 1 is 1.50 bits per heavy atom. The van der Waals surface area contributed by atoms with Crippen molar-refractivity contribution in [3.8, 4) is 0 Å². The van der Waals surface area contributed by atoms with Gasteiger partial charge in [-0.2, -0.15) is 5.10 Å². The SMILES string of the molecule is CCNC(Cc1c(Cl)c(C)nn1CC)CC1CCOC1. The van der Waals surface area contributed by atoms with Crippen molar-refractivity contribution in [2.75, 3.05) is 19.8 Å². The molecule has 0 amide bonds. The van der Waals surface area contributed by atoms with E-state index in [2.05, 4.69) is 24.3 Å². The minimum Gasteiger partial charge on any atom is -0.381 e. The van der Waals surface area contributed by atoms with Crippen LogP contribution < -0.4 is 5.32 Å². The lowest BCUT2D eigenvalue weighted by Gasteiger charge is -2.21. The van der Waals surface area contributed by atoms with E-state index in [9.17, 15) is 0 Å². The van der Waals surface area contributed by atoms with Crippen molar-refractivity contribution in [3.63, 3.8) is 0 Å². The van der Waals surface area contributed by atoms with Gasteiger partial charge in [-0.3, -0.25) is 4.68 Å². The second-order valence-corrected chi connectivity index (χ2v) is 5.96. The van der Waals surface area contributed by atoms with Gasteiger partial charge in [0.2, 0.25) is 0 Å². The summed E-state index contributed by atoms with van der Waals surface area (Å²) in [5.74, 6) is 0.678. The van der Waals surface area contributed by atoms with Gasteiger partial charge in [0, 0.05) is 32.2 Å². The monoisotopic (exact) mass is 299 g/mol.